The Kier molecular flexibility index (Phi) is 7.42. The zero-order valence-corrected chi connectivity index (χ0v) is 24.5. The SMILES string of the molecule is CNC(=O)c1c(-c2ccc(F)cc2)oc2cc(NS(C)(=O)=O)c(-c3cc(C(=O)N(c4ccccc4)C4CC4)ccc3F)cc12. The number of carbonyl (C=O) groups excluding carboxylic acids is 2. The van der Waals surface area contributed by atoms with E-state index in [2.05, 4.69) is 10.0 Å². The number of nitrogens with one attached hydrogen (secondary N) is 2. The van der Waals surface area contributed by atoms with Gasteiger partial charge >= 0.3 is 0 Å². The molecule has 8 nitrogen and oxygen atoms in total. The molecule has 1 fully saturated rings. The maximum absolute atomic E-state index is 15.6. The van der Waals surface area contributed by atoms with Crippen molar-refractivity contribution in [3.63, 3.8) is 0 Å². The lowest BCUT2D eigenvalue weighted by molar-refractivity contribution is 0.0962. The van der Waals surface area contributed by atoms with Crippen molar-refractivity contribution in [3.05, 3.63) is 108 Å². The van der Waals surface area contributed by atoms with Crippen LogP contribution in [-0.2, 0) is 10.0 Å². The highest BCUT2D eigenvalue weighted by Gasteiger charge is 2.34. The van der Waals surface area contributed by atoms with Gasteiger partial charge in [-0.05, 0) is 73.5 Å². The summed E-state index contributed by atoms with van der Waals surface area (Å²) < 4.78 is 62.5. The van der Waals surface area contributed by atoms with E-state index >= 15 is 4.39 Å². The van der Waals surface area contributed by atoms with E-state index in [-0.39, 0.29) is 56.6 Å². The summed E-state index contributed by atoms with van der Waals surface area (Å²) in [5.41, 5.74) is 1.56. The molecule has 2 amide bonds. The molecule has 44 heavy (non-hydrogen) atoms. The van der Waals surface area contributed by atoms with Crippen molar-refractivity contribution in [3.8, 4) is 22.5 Å². The second-order valence-electron chi connectivity index (χ2n) is 10.6. The van der Waals surface area contributed by atoms with Gasteiger partial charge in [0.05, 0.1) is 17.5 Å². The van der Waals surface area contributed by atoms with Gasteiger partial charge in [-0.3, -0.25) is 14.3 Å². The Morgan fingerprint density at radius 1 is 0.909 bits per heavy atom. The maximum atomic E-state index is 15.6. The highest BCUT2D eigenvalue weighted by atomic mass is 32.2. The fourth-order valence-electron chi connectivity index (χ4n) is 5.22. The number of amides is 2. The number of anilines is 2. The molecule has 6 rings (SSSR count). The van der Waals surface area contributed by atoms with E-state index in [1.54, 1.807) is 4.90 Å². The molecule has 0 saturated heterocycles. The van der Waals surface area contributed by atoms with Gasteiger partial charge in [0.25, 0.3) is 11.8 Å². The molecular formula is C33H27F2N3O5S. The second-order valence-corrected chi connectivity index (χ2v) is 12.3. The van der Waals surface area contributed by atoms with Crippen LogP contribution in [0.25, 0.3) is 33.4 Å². The first-order valence-corrected chi connectivity index (χ1v) is 15.7. The van der Waals surface area contributed by atoms with Crippen molar-refractivity contribution in [2.24, 2.45) is 0 Å². The van der Waals surface area contributed by atoms with E-state index in [9.17, 15) is 22.4 Å². The molecule has 0 unspecified atom stereocenters. The first-order chi connectivity index (χ1) is 21.0. The zero-order valence-electron chi connectivity index (χ0n) is 23.7. The Hall–Kier alpha value is -5.03. The molecule has 0 bridgehead atoms. The summed E-state index contributed by atoms with van der Waals surface area (Å²) in [6.07, 6.45) is 2.63. The molecule has 11 heteroatoms. The fraction of sp³-hybridized carbons (Fsp3) is 0.152. The van der Waals surface area contributed by atoms with E-state index < -0.39 is 27.6 Å². The van der Waals surface area contributed by atoms with E-state index in [1.165, 1.54) is 55.6 Å². The van der Waals surface area contributed by atoms with Crippen LogP contribution in [0.5, 0.6) is 0 Å². The van der Waals surface area contributed by atoms with Crippen LogP contribution in [0.1, 0.15) is 33.6 Å². The summed E-state index contributed by atoms with van der Waals surface area (Å²) in [6, 6.07) is 21.3. The zero-order chi connectivity index (χ0) is 31.2. The van der Waals surface area contributed by atoms with E-state index in [4.69, 9.17) is 4.42 Å². The molecule has 0 spiro atoms. The molecule has 0 aliphatic heterocycles. The number of carbonyl (C=O) groups is 2. The highest BCUT2D eigenvalue weighted by Crippen LogP contribution is 2.41. The molecule has 2 N–H and O–H groups in total. The summed E-state index contributed by atoms with van der Waals surface area (Å²) in [4.78, 5) is 28.6. The van der Waals surface area contributed by atoms with Gasteiger partial charge in [0.1, 0.15) is 23.0 Å². The van der Waals surface area contributed by atoms with Gasteiger partial charge in [0.15, 0.2) is 0 Å². The fourth-order valence-corrected chi connectivity index (χ4v) is 5.79. The Morgan fingerprint density at radius 2 is 1.61 bits per heavy atom. The average Bonchev–Trinajstić information content (AvgIpc) is 3.76. The Bertz CT molecular complexity index is 2020. The van der Waals surface area contributed by atoms with E-state index in [1.807, 2.05) is 30.3 Å². The number of nitrogens with zero attached hydrogens (tertiary/aromatic N) is 1. The number of furan rings is 1. The monoisotopic (exact) mass is 615 g/mol. The first kappa shape index (κ1) is 29.1. The van der Waals surface area contributed by atoms with Crippen molar-refractivity contribution in [1.29, 1.82) is 0 Å². The van der Waals surface area contributed by atoms with Crippen molar-refractivity contribution in [2.75, 3.05) is 22.9 Å². The van der Waals surface area contributed by atoms with Crippen LogP contribution in [0.2, 0.25) is 0 Å². The van der Waals surface area contributed by atoms with Crippen molar-refractivity contribution in [2.45, 2.75) is 18.9 Å². The maximum Gasteiger partial charge on any atom is 0.258 e. The van der Waals surface area contributed by atoms with Crippen LogP contribution in [0.3, 0.4) is 0 Å². The number of hydrogen-bond donors (Lipinski definition) is 2. The normalized spacial score (nSPS) is 13.1. The molecule has 1 heterocycles. The summed E-state index contributed by atoms with van der Waals surface area (Å²) >= 11 is 0. The average molecular weight is 616 g/mol. The standard InChI is InChI=1S/C33H27F2N3O5S/c1-36-32(39)30-26-17-25(28(37-44(2,41)42)18-29(26)43-31(30)19-8-11-21(34)12-9-19)24-16-20(10-15-27(24)35)33(40)38(23-13-14-23)22-6-4-3-5-7-22/h3-12,15-18,23,37H,13-14H2,1-2H3,(H,36,39). The summed E-state index contributed by atoms with van der Waals surface area (Å²) in [5, 5.41) is 2.83. The van der Waals surface area contributed by atoms with Gasteiger partial charge in [-0.15, -0.1) is 0 Å². The minimum Gasteiger partial charge on any atom is -0.455 e. The third-order valence-electron chi connectivity index (χ3n) is 7.35. The Labute approximate surface area is 252 Å². The van der Waals surface area contributed by atoms with E-state index in [0.717, 1.165) is 25.2 Å². The lowest BCUT2D eigenvalue weighted by Gasteiger charge is -2.23. The Balaban J connectivity index is 1.55. The largest absolute Gasteiger partial charge is 0.455 e. The van der Waals surface area contributed by atoms with Crippen LogP contribution < -0.4 is 14.9 Å². The predicted octanol–water partition coefficient (Wildman–Crippen LogP) is 6.59. The lowest BCUT2D eigenvalue weighted by Crippen LogP contribution is -2.33. The number of fused-ring (bicyclic) bond motifs is 1. The molecular weight excluding hydrogens is 588 g/mol. The van der Waals surface area contributed by atoms with Crippen LogP contribution >= 0.6 is 0 Å². The molecule has 0 radical (unpaired) electrons. The number of rotatable bonds is 8. The van der Waals surface area contributed by atoms with Gasteiger partial charge in [-0.2, -0.15) is 0 Å². The lowest BCUT2D eigenvalue weighted by atomic mass is 9.96. The van der Waals surface area contributed by atoms with Crippen LogP contribution in [0, 0.1) is 11.6 Å². The third kappa shape index (κ3) is 5.66. The minimum atomic E-state index is -3.86. The number of hydrogen-bond acceptors (Lipinski definition) is 5. The molecule has 4 aromatic carbocycles. The van der Waals surface area contributed by atoms with Crippen molar-refractivity contribution >= 4 is 44.2 Å². The third-order valence-corrected chi connectivity index (χ3v) is 7.94. The van der Waals surface area contributed by atoms with Crippen LogP contribution in [-0.4, -0.2) is 39.6 Å². The van der Waals surface area contributed by atoms with Gasteiger partial charge in [-0.1, -0.05) is 18.2 Å². The molecule has 1 aliphatic carbocycles. The molecule has 1 saturated carbocycles. The van der Waals surface area contributed by atoms with Gasteiger partial charge < -0.3 is 14.6 Å². The second kappa shape index (κ2) is 11.2. The van der Waals surface area contributed by atoms with Gasteiger partial charge in [-0.25, -0.2) is 17.2 Å². The van der Waals surface area contributed by atoms with Crippen LogP contribution in [0.15, 0.2) is 89.3 Å². The summed E-state index contributed by atoms with van der Waals surface area (Å²) in [5.74, 6) is -1.92. The smallest absolute Gasteiger partial charge is 0.258 e. The highest BCUT2D eigenvalue weighted by molar-refractivity contribution is 7.92. The first-order valence-electron chi connectivity index (χ1n) is 13.8. The quantitative estimate of drug-likeness (QED) is 0.205. The number of halogens is 2. The molecule has 5 aromatic rings. The van der Waals surface area contributed by atoms with Gasteiger partial charge in [0.2, 0.25) is 10.0 Å². The van der Waals surface area contributed by atoms with Gasteiger partial charge in [0, 0.05) is 52.5 Å². The van der Waals surface area contributed by atoms with E-state index in [0.29, 0.717) is 11.3 Å². The van der Waals surface area contributed by atoms with Crippen LogP contribution in [0.4, 0.5) is 20.2 Å². The molecule has 1 aromatic heterocycles. The molecule has 224 valence electrons. The Morgan fingerprint density at radius 3 is 2.25 bits per heavy atom. The minimum absolute atomic E-state index is 0.0168. The van der Waals surface area contributed by atoms with Crippen molar-refractivity contribution < 1.29 is 31.2 Å². The number of sulfonamides is 1. The van der Waals surface area contributed by atoms with Crippen molar-refractivity contribution in [1.82, 2.24) is 5.32 Å². The predicted molar refractivity (Wildman–Crippen MR) is 165 cm³/mol. The summed E-state index contributed by atoms with van der Waals surface area (Å²) in [6.45, 7) is 0. The summed E-state index contributed by atoms with van der Waals surface area (Å²) in [7, 11) is -2.43. The topological polar surface area (TPSA) is 109 Å². The number of benzene rings is 4. The number of para-hydroxylation sites is 1. The molecule has 1 aliphatic rings. The molecule has 0 atom stereocenters.